The summed E-state index contributed by atoms with van der Waals surface area (Å²) >= 11 is 0. The number of aromatic nitrogens is 1. The normalized spacial score (nSPS) is 12.9. The van der Waals surface area contributed by atoms with Crippen molar-refractivity contribution in [1.29, 1.82) is 0 Å². The Morgan fingerprint density at radius 1 is 0.357 bits per heavy atom. The van der Waals surface area contributed by atoms with Gasteiger partial charge in [0.15, 0.2) is 0 Å². The van der Waals surface area contributed by atoms with Gasteiger partial charge in [-0.2, -0.15) is 0 Å². The molecule has 0 atom stereocenters. The summed E-state index contributed by atoms with van der Waals surface area (Å²) in [5, 5.41) is 9.89. The van der Waals surface area contributed by atoms with E-state index in [1.54, 1.807) is 12.1 Å². The van der Waals surface area contributed by atoms with Crippen LogP contribution in [0.1, 0.15) is 25.0 Å². The second-order valence-electron chi connectivity index (χ2n) is 19.4. The molecule has 14 rings (SSSR count). The molecule has 0 saturated carbocycles. The lowest BCUT2D eigenvalue weighted by Gasteiger charge is -2.28. The van der Waals surface area contributed by atoms with E-state index < -0.39 is 0 Å². The monoisotopic (exact) mass is 896 g/mol. The van der Waals surface area contributed by atoms with E-state index in [1.807, 2.05) is 12.1 Å². The molecule has 330 valence electrons. The molecule has 2 nitrogen and oxygen atoms in total. The molecule has 0 fully saturated rings. The molecule has 0 radical (unpaired) electrons. The Bertz CT molecular complexity index is 4070. The molecule has 1 heterocycles. The first kappa shape index (κ1) is 40.3. The van der Waals surface area contributed by atoms with E-state index in [2.05, 4.69) is 236 Å². The van der Waals surface area contributed by atoms with Crippen molar-refractivity contribution in [2.45, 2.75) is 19.3 Å². The molecule has 0 spiro atoms. The maximum Gasteiger partial charge on any atom is 0.123 e. The predicted molar refractivity (Wildman–Crippen MR) is 293 cm³/mol. The van der Waals surface area contributed by atoms with Gasteiger partial charge in [-0.3, -0.25) is 0 Å². The second kappa shape index (κ2) is 15.4. The SMILES string of the molecule is CC1(C)c2cc(-c3ccc4c(c3)c3c5ccc6cccc7ccc(cc3n4-c3ccc(F)cc3)c5c76)ccc2-c2ccc(N(c3ccc(-c4ccccc4)cc3)c3ccc(-c4ccccc4)cc3)cc21. The van der Waals surface area contributed by atoms with E-state index >= 15 is 0 Å². The molecule has 0 saturated heterocycles. The van der Waals surface area contributed by atoms with Crippen molar-refractivity contribution in [2.24, 2.45) is 0 Å². The van der Waals surface area contributed by atoms with Crippen LogP contribution in [0.4, 0.5) is 21.5 Å². The third-order valence-corrected chi connectivity index (χ3v) is 15.2. The number of halogens is 1. The average molecular weight is 897 g/mol. The fraction of sp³-hybridized carbons (Fsp3) is 0.0448. The van der Waals surface area contributed by atoms with Crippen molar-refractivity contribution in [2.75, 3.05) is 4.90 Å². The minimum absolute atomic E-state index is 0.243. The maximum atomic E-state index is 14.4. The van der Waals surface area contributed by atoms with Gasteiger partial charge in [0.25, 0.3) is 0 Å². The topological polar surface area (TPSA) is 8.17 Å². The van der Waals surface area contributed by atoms with Crippen LogP contribution in [0.15, 0.2) is 237 Å². The third-order valence-electron chi connectivity index (χ3n) is 15.2. The van der Waals surface area contributed by atoms with Crippen LogP contribution < -0.4 is 4.90 Å². The Hall–Kier alpha value is -8.79. The molecule has 70 heavy (non-hydrogen) atoms. The summed E-state index contributed by atoms with van der Waals surface area (Å²) in [6.45, 7) is 4.75. The molecule has 0 N–H and O–H groups in total. The molecule has 0 bridgehead atoms. The van der Waals surface area contributed by atoms with Crippen LogP contribution in [-0.4, -0.2) is 4.57 Å². The molecule has 1 aromatic heterocycles. The lowest BCUT2D eigenvalue weighted by atomic mass is 9.81. The molecule has 3 heteroatoms. The van der Waals surface area contributed by atoms with Crippen molar-refractivity contribution in [3.8, 4) is 50.2 Å². The van der Waals surface area contributed by atoms with E-state index in [9.17, 15) is 4.39 Å². The Morgan fingerprint density at radius 2 is 0.886 bits per heavy atom. The summed E-state index contributed by atoms with van der Waals surface area (Å²) in [6.07, 6.45) is 0. The maximum absolute atomic E-state index is 14.4. The molecule has 13 aromatic rings. The zero-order chi connectivity index (χ0) is 46.7. The summed E-state index contributed by atoms with van der Waals surface area (Å²) in [4.78, 5) is 2.39. The predicted octanol–water partition coefficient (Wildman–Crippen LogP) is 18.6. The quantitative estimate of drug-likeness (QED) is 0.145. The van der Waals surface area contributed by atoms with E-state index in [-0.39, 0.29) is 11.2 Å². The van der Waals surface area contributed by atoms with Gasteiger partial charge in [0.1, 0.15) is 5.82 Å². The van der Waals surface area contributed by atoms with Gasteiger partial charge < -0.3 is 9.47 Å². The number of anilines is 3. The average Bonchev–Trinajstić information content (AvgIpc) is 3.85. The van der Waals surface area contributed by atoms with Crippen LogP contribution in [0.25, 0.3) is 104 Å². The van der Waals surface area contributed by atoms with Crippen LogP contribution in [-0.2, 0) is 5.41 Å². The van der Waals surface area contributed by atoms with Crippen molar-refractivity contribution >= 4 is 71.2 Å². The van der Waals surface area contributed by atoms with Crippen LogP contribution in [0.2, 0.25) is 0 Å². The zero-order valence-corrected chi connectivity index (χ0v) is 38.8. The first-order chi connectivity index (χ1) is 34.4. The van der Waals surface area contributed by atoms with Gasteiger partial charge in [-0.15, -0.1) is 0 Å². The summed E-state index contributed by atoms with van der Waals surface area (Å²) in [5.74, 6) is -0.243. The van der Waals surface area contributed by atoms with E-state index in [1.165, 1.54) is 93.2 Å². The molecule has 0 aliphatic heterocycles. The van der Waals surface area contributed by atoms with Crippen molar-refractivity contribution in [1.82, 2.24) is 4.57 Å². The summed E-state index contributed by atoms with van der Waals surface area (Å²) in [7, 11) is 0. The van der Waals surface area contributed by atoms with Crippen molar-refractivity contribution in [3.05, 3.63) is 254 Å². The standard InChI is InChI=1S/C67H45FN2/c1-67(2)60-39-49(48-24-37-62-59(38-48)66-58-35-22-47-15-9-14-46-16-17-50(65(58)64(46)47)40-63(66)70(62)54-31-25-51(68)26-32-54)23-34-56(60)57-36-33-55(41-61(57)67)69(52-27-18-44(19-28-52)42-10-5-3-6-11-42)53-29-20-45(21-30-53)43-12-7-4-8-13-43/h3-41H,1-2H3. The number of rotatable bonds is 7. The van der Waals surface area contributed by atoms with E-state index in [0.717, 1.165) is 39.3 Å². The highest BCUT2D eigenvalue weighted by Crippen LogP contribution is 2.52. The molecular weight excluding hydrogens is 852 g/mol. The highest BCUT2D eigenvalue weighted by Gasteiger charge is 2.36. The lowest BCUT2D eigenvalue weighted by molar-refractivity contribution is 0.627. The molecular formula is C67H45FN2. The van der Waals surface area contributed by atoms with Crippen molar-refractivity contribution < 1.29 is 4.39 Å². The number of hydrogen-bond acceptors (Lipinski definition) is 1. The molecule has 0 unspecified atom stereocenters. The first-order valence-electron chi connectivity index (χ1n) is 24.2. The number of nitrogens with zero attached hydrogens (tertiary/aromatic N) is 2. The minimum Gasteiger partial charge on any atom is -0.310 e. The number of fused-ring (bicyclic) bond motifs is 7. The van der Waals surface area contributed by atoms with Gasteiger partial charge in [0.05, 0.1) is 11.0 Å². The van der Waals surface area contributed by atoms with Gasteiger partial charge in [0, 0.05) is 38.9 Å². The van der Waals surface area contributed by atoms with Gasteiger partial charge in [-0.25, -0.2) is 4.39 Å². The van der Waals surface area contributed by atoms with Gasteiger partial charge in [0.2, 0.25) is 0 Å². The first-order valence-corrected chi connectivity index (χ1v) is 24.2. The van der Waals surface area contributed by atoms with Crippen LogP contribution in [0, 0.1) is 5.82 Å². The Kier molecular flexibility index (Phi) is 8.84. The summed E-state index contributed by atoms with van der Waals surface area (Å²) in [5.41, 5.74) is 18.5. The highest BCUT2D eigenvalue weighted by atomic mass is 19.1. The smallest absolute Gasteiger partial charge is 0.123 e. The summed E-state index contributed by atoms with van der Waals surface area (Å²) in [6, 6.07) is 84.9. The molecule has 12 aromatic carbocycles. The fourth-order valence-corrected chi connectivity index (χ4v) is 11.7. The minimum atomic E-state index is -0.272. The van der Waals surface area contributed by atoms with Crippen LogP contribution in [0.5, 0.6) is 0 Å². The summed E-state index contributed by atoms with van der Waals surface area (Å²) < 4.78 is 16.7. The van der Waals surface area contributed by atoms with Crippen LogP contribution >= 0.6 is 0 Å². The van der Waals surface area contributed by atoms with E-state index in [0.29, 0.717) is 0 Å². The number of benzene rings is 12. The highest BCUT2D eigenvalue weighted by molar-refractivity contribution is 6.33. The number of hydrogen-bond donors (Lipinski definition) is 0. The van der Waals surface area contributed by atoms with Gasteiger partial charge >= 0.3 is 0 Å². The fourth-order valence-electron chi connectivity index (χ4n) is 11.7. The van der Waals surface area contributed by atoms with Gasteiger partial charge in [-0.05, 0) is 173 Å². The molecule has 0 amide bonds. The van der Waals surface area contributed by atoms with Crippen LogP contribution in [0.3, 0.4) is 0 Å². The Morgan fingerprint density at radius 3 is 1.54 bits per heavy atom. The molecule has 1 aliphatic rings. The Labute approximate surface area is 406 Å². The van der Waals surface area contributed by atoms with Gasteiger partial charge in [-0.1, -0.05) is 166 Å². The van der Waals surface area contributed by atoms with E-state index in [4.69, 9.17) is 0 Å². The Balaban J connectivity index is 0.887. The molecule has 1 aliphatic carbocycles. The largest absolute Gasteiger partial charge is 0.310 e. The lowest BCUT2D eigenvalue weighted by Crippen LogP contribution is -2.16. The zero-order valence-electron chi connectivity index (χ0n) is 38.8. The second-order valence-corrected chi connectivity index (χ2v) is 19.4. The third kappa shape index (κ3) is 6.18. The van der Waals surface area contributed by atoms with Crippen molar-refractivity contribution in [3.63, 3.8) is 0 Å².